The van der Waals surface area contributed by atoms with Gasteiger partial charge < -0.3 is 15.3 Å². The Morgan fingerprint density at radius 2 is 1.45 bits per heavy atom. The molecule has 0 aliphatic heterocycles. The molecule has 0 saturated heterocycles. The van der Waals surface area contributed by atoms with E-state index in [-0.39, 0.29) is 40.5 Å². The van der Waals surface area contributed by atoms with Crippen LogP contribution in [0.1, 0.15) is 112 Å². The second-order valence-electron chi connectivity index (χ2n) is 15.1. The fraction of sp³-hybridized carbons (Fsp3) is 1.00. The van der Waals surface area contributed by atoms with Gasteiger partial charge in [-0.15, -0.1) is 0 Å². The second kappa shape index (κ2) is 7.69. The van der Waals surface area contributed by atoms with E-state index in [0.717, 1.165) is 25.7 Å². The van der Waals surface area contributed by atoms with Gasteiger partial charge in [0.05, 0.1) is 12.2 Å². The molecule has 3 nitrogen and oxygen atoms in total. The maximum atomic E-state index is 12.0. The van der Waals surface area contributed by atoms with Crippen molar-refractivity contribution < 1.29 is 15.3 Å². The molecule has 3 heteroatoms. The highest BCUT2D eigenvalue weighted by Crippen LogP contribution is 2.76. The first-order valence-electron chi connectivity index (χ1n) is 14.3. The van der Waals surface area contributed by atoms with Crippen molar-refractivity contribution in [2.75, 3.05) is 6.61 Å². The number of hydrogen-bond donors (Lipinski definition) is 3. The van der Waals surface area contributed by atoms with Crippen LogP contribution in [0.25, 0.3) is 0 Å². The van der Waals surface area contributed by atoms with E-state index in [1.165, 1.54) is 44.9 Å². The van der Waals surface area contributed by atoms with Crippen molar-refractivity contribution >= 4 is 0 Å². The monoisotopic (exact) mass is 460 g/mol. The van der Waals surface area contributed by atoms with Crippen LogP contribution in [0.5, 0.6) is 0 Å². The summed E-state index contributed by atoms with van der Waals surface area (Å²) in [6, 6.07) is 0. The third-order valence-corrected chi connectivity index (χ3v) is 13.6. The molecular weight excluding hydrogens is 408 g/mol. The van der Waals surface area contributed by atoms with Crippen LogP contribution >= 0.6 is 0 Å². The summed E-state index contributed by atoms with van der Waals surface area (Å²) in [6.07, 6.45) is 12.1. The largest absolute Gasteiger partial charge is 0.396 e. The molecule has 5 aliphatic rings. The molecule has 5 aliphatic carbocycles. The Bertz CT molecular complexity index is 764. The second-order valence-corrected chi connectivity index (χ2v) is 15.1. The van der Waals surface area contributed by atoms with Gasteiger partial charge in [0.2, 0.25) is 0 Å². The van der Waals surface area contributed by atoms with Crippen LogP contribution in [-0.4, -0.2) is 34.1 Å². The van der Waals surface area contributed by atoms with Gasteiger partial charge >= 0.3 is 0 Å². The van der Waals surface area contributed by atoms with E-state index in [4.69, 9.17) is 0 Å². The van der Waals surface area contributed by atoms with Gasteiger partial charge in [0, 0.05) is 6.61 Å². The number of rotatable bonds is 2. The Kier molecular flexibility index (Phi) is 5.72. The molecule has 4 unspecified atom stereocenters. The molecule has 3 N–H and O–H groups in total. The molecule has 5 saturated carbocycles. The zero-order chi connectivity index (χ0) is 24.0. The van der Waals surface area contributed by atoms with Gasteiger partial charge in [-0.1, -0.05) is 41.5 Å². The fourth-order valence-electron chi connectivity index (χ4n) is 11.4. The molecule has 0 aromatic heterocycles. The lowest BCUT2D eigenvalue weighted by atomic mass is 9.31. The summed E-state index contributed by atoms with van der Waals surface area (Å²) < 4.78 is 0. The molecule has 11 atom stereocenters. The Labute approximate surface area is 203 Å². The van der Waals surface area contributed by atoms with Crippen molar-refractivity contribution in [3.63, 3.8) is 0 Å². The smallest absolute Gasteiger partial charge is 0.0579 e. The highest BCUT2D eigenvalue weighted by atomic mass is 16.3. The highest BCUT2D eigenvalue weighted by Gasteiger charge is 2.70. The molecule has 0 aromatic rings. The Hall–Kier alpha value is -0.120. The molecule has 0 spiro atoms. The minimum absolute atomic E-state index is 0.150. The topological polar surface area (TPSA) is 60.7 Å². The van der Waals surface area contributed by atoms with Crippen molar-refractivity contribution in [1.82, 2.24) is 0 Å². The third kappa shape index (κ3) is 3.23. The Morgan fingerprint density at radius 3 is 2.15 bits per heavy atom. The molecule has 5 rings (SSSR count). The van der Waals surface area contributed by atoms with Crippen molar-refractivity contribution in [1.29, 1.82) is 0 Å². The minimum Gasteiger partial charge on any atom is -0.396 e. The van der Waals surface area contributed by atoms with Gasteiger partial charge in [0.1, 0.15) is 0 Å². The van der Waals surface area contributed by atoms with Gasteiger partial charge in [0.25, 0.3) is 0 Å². The Morgan fingerprint density at radius 1 is 0.758 bits per heavy atom. The zero-order valence-corrected chi connectivity index (χ0v) is 22.4. The third-order valence-electron chi connectivity index (χ3n) is 13.6. The highest BCUT2D eigenvalue weighted by molar-refractivity contribution is 5.19. The average Bonchev–Trinajstić information content (AvgIpc) is 2.74. The van der Waals surface area contributed by atoms with Crippen LogP contribution in [0.3, 0.4) is 0 Å². The standard InChI is InChI=1S/C30H52O3/c1-19-20-7-10-28(5)24(27(20,4)9-8-22(19)32)17-23(33)25-21-18-26(2,3)11-13-30(21,15-16-31)14-12-29(25,28)6/h19-25,31-33H,7-18H2,1-6H3/t19-,20?,21?,22+,23-,24?,25?,27+,28-,29-,30-/m1/s1. The van der Waals surface area contributed by atoms with Crippen LogP contribution < -0.4 is 0 Å². The summed E-state index contributed by atoms with van der Waals surface area (Å²) in [6.45, 7) is 15.2. The fourth-order valence-corrected chi connectivity index (χ4v) is 11.4. The first kappa shape index (κ1) is 24.6. The van der Waals surface area contributed by atoms with Gasteiger partial charge in [-0.2, -0.15) is 0 Å². The predicted molar refractivity (Wildman–Crippen MR) is 134 cm³/mol. The molecule has 0 amide bonds. The summed E-state index contributed by atoms with van der Waals surface area (Å²) in [4.78, 5) is 0. The molecule has 0 aromatic carbocycles. The van der Waals surface area contributed by atoms with Gasteiger partial charge in [-0.05, 0) is 127 Å². The van der Waals surface area contributed by atoms with Crippen LogP contribution in [0.4, 0.5) is 0 Å². The van der Waals surface area contributed by atoms with Crippen molar-refractivity contribution in [3.8, 4) is 0 Å². The van der Waals surface area contributed by atoms with E-state index in [9.17, 15) is 15.3 Å². The molecule has 0 heterocycles. The maximum absolute atomic E-state index is 12.0. The SMILES string of the molecule is C[C@@H]1C2CC[C@]3(C)C(C[C@@H](O)C4C5CC(C)(C)CC[C@]5(CCO)CC[C@]43C)[C@@]2(C)CC[C@@H]1O. The molecule has 5 fully saturated rings. The number of hydrogen-bond acceptors (Lipinski definition) is 3. The van der Waals surface area contributed by atoms with Crippen LogP contribution in [0.15, 0.2) is 0 Å². The molecule has 0 bridgehead atoms. The maximum Gasteiger partial charge on any atom is 0.0579 e. The van der Waals surface area contributed by atoms with Crippen LogP contribution in [0, 0.1) is 56.7 Å². The molecule has 0 radical (unpaired) electrons. The Balaban J connectivity index is 1.56. The van der Waals surface area contributed by atoms with Gasteiger partial charge in [-0.3, -0.25) is 0 Å². The van der Waals surface area contributed by atoms with Crippen LogP contribution in [-0.2, 0) is 0 Å². The summed E-state index contributed by atoms with van der Waals surface area (Å²) in [5.74, 6) is 2.37. The number of fused-ring (bicyclic) bond motifs is 7. The van der Waals surface area contributed by atoms with Gasteiger partial charge in [-0.25, -0.2) is 0 Å². The van der Waals surface area contributed by atoms with E-state index < -0.39 is 0 Å². The molecular formula is C30H52O3. The first-order chi connectivity index (χ1) is 15.3. The van der Waals surface area contributed by atoms with E-state index in [2.05, 4.69) is 41.5 Å². The van der Waals surface area contributed by atoms with E-state index in [1.54, 1.807) is 0 Å². The first-order valence-corrected chi connectivity index (χ1v) is 14.3. The quantitative estimate of drug-likeness (QED) is 0.460. The van der Waals surface area contributed by atoms with Crippen molar-refractivity contribution in [3.05, 3.63) is 0 Å². The summed E-state index contributed by atoms with van der Waals surface area (Å²) in [5, 5.41) is 32.8. The number of aliphatic hydroxyl groups is 3. The van der Waals surface area contributed by atoms with E-state index in [0.29, 0.717) is 35.0 Å². The summed E-state index contributed by atoms with van der Waals surface area (Å²) >= 11 is 0. The van der Waals surface area contributed by atoms with E-state index in [1.807, 2.05) is 0 Å². The van der Waals surface area contributed by atoms with Gasteiger partial charge in [0.15, 0.2) is 0 Å². The van der Waals surface area contributed by atoms with E-state index >= 15 is 0 Å². The average molecular weight is 461 g/mol. The van der Waals surface area contributed by atoms with Crippen molar-refractivity contribution in [2.24, 2.45) is 56.7 Å². The van der Waals surface area contributed by atoms with Crippen LogP contribution in [0.2, 0.25) is 0 Å². The minimum atomic E-state index is -0.233. The molecule has 33 heavy (non-hydrogen) atoms. The lowest BCUT2D eigenvalue weighted by molar-refractivity contribution is -0.272. The summed E-state index contributed by atoms with van der Waals surface area (Å²) in [5.41, 5.74) is 1.18. The summed E-state index contributed by atoms with van der Waals surface area (Å²) in [7, 11) is 0. The molecule has 190 valence electrons. The predicted octanol–water partition coefficient (Wildman–Crippen LogP) is 6.19. The normalized spacial score (nSPS) is 57.9. The van der Waals surface area contributed by atoms with Crippen molar-refractivity contribution in [2.45, 2.75) is 124 Å². The lowest BCUT2D eigenvalue weighted by Crippen LogP contribution is -2.69. The zero-order valence-electron chi connectivity index (χ0n) is 22.4. The lowest BCUT2D eigenvalue weighted by Gasteiger charge is -2.74. The number of aliphatic hydroxyl groups excluding tert-OH is 3.